The van der Waals surface area contributed by atoms with E-state index in [0.29, 0.717) is 19.6 Å². The van der Waals surface area contributed by atoms with E-state index in [2.05, 4.69) is 4.98 Å². The van der Waals surface area contributed by atoms with Gasteiger partial charge in [-0.05, 0) is 24.6 Å². The van der Waals surface area contributed by atoms with Gasteiger partial charge in [-0.15, -0.1) is 11.8 Å². The molecule has 1 amide bonds. The fraction of sp³-hybridized carbons (Fsp3) is 0.389. The van der Waals surface area contributed by atoms with Gasteiger partial charge in [0.15, 0.2) is 0 Å². The molecular weight excluding hydrogens is 324 g/mol. The molecule has 1 aromatic heterocycles. The normalized spacial score (nSPS) is 18.0. The van der Waals surface area contributed by atoms with Crippen molar-refractivity contribution in [2.75, 3.05) is 18.9 Å². The largest absolute Gasteiger partial charge is 0.466 e. The molecule has 0 radical (unpaired) electrons. The molecule has 0 aliphatic carbocycles. The molecule has 126 valence electrons. The van der Waals surface area contributed by atoms with Crippen molar-refractivity contribution in [1.82, 2.24) is 9.88 Å². The SMILES string of the molecule is CCOC(=O)CCN1C(=O)CCSC1c1ccnc2ccccc12. The van der Waals surface area contributed by atoms with Crippen molar-refractivity contribution in [2.24, 2.45) is 0 Å². The Morgan fingerprint density at radius 1 is 1.38 bits per heavy atom. The summed E-state index contributed by atoms with van der Waals surface area (Å²) in [5, 5.41) is 0.960. The van der Waals surface area contributed by atoms with Crippen LogP contribution in [-0.4, -0.2) is 40.7 Å². The van der Waals surface area contributed by atoms with E-state index in [1.165, 1.54) is 0 Å². The molecule has 0 bridgehead atoms. The van der Waals surface area contributed by atoms with Crippen LogP contribution >= 0.6 is 11.8 Å². The zero-order valence-corrected chi connectivity index (χ0v) is 14.4. The van der Waals surface area contributed by atoms with Crippen LogP contribution < -0.4 is 0 Å². The highest BCUT2D eigenvalue weighted by atomic mass is 32.2. The van der Waals surface area contributed by atoms with E-state index >= 15 is 0 Å². The number of rotatable bonds is 5. The Balaban J connectivity index is 1.88. The molecule has 1 unspecified atom stereocenters. The van der Waals surface area contributed by atoms with Crippen LogP contribution in [0.3, 0.4) is 0 Å². The fourth-order valence-corrected chi connectivity index (χ4v) is 4.20. The van der Waals surface area contributed by atoms with Crippen molar-refractivity contribution in [3.63, 3.8) is 0 Å². The monoisotopic (exact) mass is 344 g/mol. The summed E-state index contributed by atoms with van der Waals surface area (Å²) in [6.07, 6.45) is 2.51. The molecule has 0 saturated carbocycles. The third-order valence-corrected chi connectivity index (χ3v) is 5.27. The number of thioether (sulfide) groups is 1. The number of para-hydroxylation sites is 1. The minimum atomic E-state index is -0.265. The zero-order valence-electron chi connectivity index (χ0n) is 13.6. The average molecular weight is 344 g/mol. The van der Waals surface area contributed by atoms with Gasteiger partial charge in [0.2, 0.25) is 5.91 Å². The van der Waals surface area contributed by atoms with Crippen molar-refractivity contribution < 1.29 is 14.3 Å². The number of carbonyl (C=O) groups is 2. The van der Waals surface area contributed by atoms with Gasteiger partial charge in [0, 0.05) is 30.3 Å². The third kappa shape index (κ3) is 3.53. The van der Waals surface area contributed by atoms with Crippen LogP contribution in [0.15, 0.2) is 36.5 Å². The van der Waals surface area contributed by atoms with Gasteiger partial charge in [-0.2, -0.15) is 0 Å². The van der Waals surface area contributed by atoms with Gasteiger partial charge in [0.05, 0.1) is 18.5 Å². The lowest BCUT2D eigenvalue weighted by Crippen LogP contribution is -2.38. The maximum Gasteiger partial charge on any atom is 0.307 e. The number of ether oxygens (including phenoxy) is 1. The van der Waals surface area contributed by atoms with E-state index in [-0.39, 0.29) is 23.7 Å². The molecule has 0 N–H and O–H groups in total. The minimum Gasteiger partial charge on any atom is -0.466 e. The number of fused-ring (bicyclic) bond motifs is 1. The van der Waals surface area contributed by atoms with Gasteiger partial charge in [-0.3, -0.25) is 14.6 Å². The summed E-state index contributed by atoms with van der Waals surface area (Å²) in [6, 6.07) is 9.90. The van der Waals surface area contributed by atoms with Gasteiger partial charge >= 0.3 is 5.97 Å². The molecule has 2 aromatic rings. The Kier molecular flexibility index (Phi) is 5.35. The van der Waals surface area contributed by atoms with E-state index in [4.69, 9.17) is 4.74 Å². The summed E-state index contributed by atoms with van der Waals surface area (Å²) in [4.78, 5) is 30.3. The lowest BCUT2D eigenvalue weighted by atomic mass is 10.1. The Bertz CT molecular complexity index is 745. The lowest BCUT2D eigenvalue weighted by Gasteiger charge is -2.35. The highest BCUT2D eigenvalue weighted by Gasteiger charge is 2.31. The van der Waals surface area contributed by atoms with Crippen molar-refractivity contribution in [2.45, 2.75) is 25.1 Å². The Labute approximate surface area is 145 Å². The number of aromatic nitrogens is 1. The van der Waals surface area contributed by atoms with Gasteiger partial charge in [-0.25, -0.2) is 0 Å². The third-order valence-electron chi connectivity index (χ3n) is 4.01. The molecule has 1 atom stereocenters. The quantitative estimate of drug-likeness (QED) is 0.780. The number of amides is 1. The molecule has 1 fully saturated rings. The molecule has 2 heterocycles. The summed E-state index contributed by atoms with van der Waals surface area (Å²) in [6.45, 7) is 2.53. The Hall–Kier alpha value is -2.08. The van der Waals surface area contributed by atoms with E-state index in [1.54, 1.807) is 29.8 Å². The highest BCUT2D eigenvalue weighted by Crippen LogP contribution is 2.39. The van der Waals surface area contributed by atoms with Gasteiger partial charge in [0.1, 0.15) is 5.37 Å². The van der Waals surface area contributed by atoms with Crippen molar-refractivity contribution >= 4 is 34.5 Å². The molecule has 1 aromatic carbocycles. The highest BCUT2D eigenvalue weighted by molar-refractivity contribution is 7.99. The number of benzene rings is 1. The molecular formula is C18H20N2O3S. The molecule has 24 heavy (non-hydrogen) atoms. The second-order valence-electron chi connectivity index (χ2n) is 5.53. The van der Waals surface area contributed by atoms with Crippen molar-refractivity contribution in [3.8, 4) is 0 Å². The van der Waals surface area contributed by atoms with E-state index in [9.17, 15) is 9.59 Å². The van der Waals surface area contributed by atoms with Crippen LogP contribution in [0, 0.1) is 0 Å². The second kappa shape index (κ2) is 7.66. The molecule has 6 heteroatoms. The minimum absolute atomic E-state index is 0.0870. The van der Waals surface area contributed by atoms with Crippen LogP contribution in [-0.2, 0) is 14.3 Å². The summed E-state index contributed by atoms with van der Waals surface area (Å²) >= 11 is 1.73. The maximum atomic E-state index is 12.4. The Morgan fingerprint density at radius 2 is 2.21 bits per heavy atom. The summed E-state index contributed by atoms with van der Waals surface area (Å²) in [7, 11) is 0. The Morgan fingerprint density at radius 3 is 3.04 bits per heavy atom. The first-order valence-corrected chi connectivity index (χ1v) is 9.16. The molecule has 5 nitrogen and oxygen atoms in total. The van der Waals surface area contributed by atoms with Gasteiger partial charge in [0.25, 0.3) is 0 Å². The fourth-order valence-electron chi connectivity index (χ4n) is 2.90. The molecule has 1 saturated heterocycles. The van der Waals surface area contributed by atoms with Crippen LogP contribution in [0.1, 0.15) is 30.7 Å². The van der Waals surface area contributed by atoms with Crippen LogP contribution in [0.5, 0.6) is 0 Å². The lowest BCUT2D eigenvalue weighted by molar-refractivity contribution is -0.144. The maximum absolute atomic E-state index is 12.4. The predicted molar refractivity (Wildman–Crippen MR) is 94.5 cm³/mol. The number of hydrogen-bond acceptors (Lipinski definition) is 5. The van der Waals surface area contributed by atoms with Gasteiger partial charge < -0.3 is 9.64 Å². The standard InChI is InChI=1S/C18H20N2O3S/c1-2-23-17(22)8-11-20-16(21)9-12-24-18(20)14-7-10-19-15-6-4-3-5-13(14)15/h3-7,10,18H,2,8-9,11-12H2,1H3. The summed E-state index contributed by atoms with van der Waals surface area (Å²) in [5.41, 5.74) is 1.99. The summed E-state index contributed by atoms with van der Waals surface area (Å²) < 4.78 is 4.99. The number of carbonyl (C=O) groups excluding carboxylic acids is 2. The first kappa shape index (κ1) is 16.8. The number of hydrogen-bond donors (Lipinski definition) is 0. The molecule has 1 aliphatic rings. The van der Waals surface area contributed by atoms with E-state index in [1.807, 2.05) is 30.3 Å². The summed E-state index contributed by atoms with van der Waals surface area (Å²) in [5.74, 6) is 0.610. The molecule has 1 aliphatic heterocycles. The predicted octanol–water partition coefficient (Wildman–Crippen LogP) is 3.15. The molecule has 0 spiro atoms. The first-order chi connectivity index (χ1) is 11.7. The number of pyridine rings is 1. The van der Waals surface area contributed by atoms with Crippen molar-refractivity contribution in [1.29, 1.82) is 0 Å². The van der Waals surface area contributed by atoms with Crippen LogP contribution in [0.2, 0.25) is 0 Å². The van der Waals surface area contributed by atoms with Crippen LogP contribution in [0.4, 0.5) is 0 Å². The smallest absolute Gasteiger partial charge is 0.307 e. The van der Waals surface area contributed by atoms with E-state index in [0.717, 1.165) is 22.2 Å². The van der Waals surface area contributed by atoms with Crippen molar-refractivity contribution in [3.05, 3.63) is 42.1 Å². The van der Waals surface area contributed by atoms with Crippen LogP contribution in [0.25, 0.3) is 10.9 Å². The number of esters is 1. The second-order valence-corrected chi connectivity index (χ2v) is 6.72. The number of nitrogens with zero attached hydrogens (tertiary/aromatic N) is 2. The van der Waals surface area contributed by atoms with E-state index < -0.39 is 0 Å². The zero-order chi connectivity index (χ0) is 16.9. The average Bonchev–Trinajstić information content (AvgIpc) is 2.60. The molecule has 3 rings (SSSR count). The van der Waals surface area contributed by atoms with Gasteiger partial charge in [-0.1, -0.05) is 18.2 Å². The topological polar surface area (TPSA) is 59.5 Å². The first-order valence-electron chi connectivity index (χ1n) is 8.11.